The van der Waals surface area contributed by atoms with Gasteiger partial charge in [-0.05, 0) is 32.0 Å². The zero-order chi connectivity index (χ0) is 16.1. The molecule has 0 spiro atoms. The van der Waals surface area contributed by atoms with Crippen LogP contribution < -0.4 is 0 Å². The van der Waals surface area contributed by atoms with Crippen LogP contribution in [0, 0.1) is 0 Å². The van der Waals surface area contributed by atoms with Crippen molar-refractivity contribution in [3.63, 3.8) is 0 Å². The SMILES string of the molecule is CO[C@H]1OC[C@@H]2OC(C)(C)OC2C1O[Si](C)(C)C(C)(C)C. The molecule has 0 aromatic rings. The highest BCUT2D eigenvalue weighted by molar-refractivity contribution is 6.74. The lowest BCUT2D eigenvalue weighted by molar-refractivity contribution is -0.237. The van der Waals surface area contributed by atoms with E-state index >= 15 is 0 Å². The maximum Gasteiger partial charge on any atom is 0.192 e. The molecule has 2 rings (SSSR count). The van der Waals surface area contributed by atoms with Crippen LogP contribution in [-0.2, 0) is 23.4 Å². The molecule has 0 aromatic heterocycles. The molecule has 21 heavy (non-hydrogen) atoms. The van der Waals surface area contributed by atoms with Gasteiger partial charge in [0.25, 0.3) is 0 Å². The van der Waals surface area contributed by atoms with E-state index in [1.165, 1.54) is 0 Å². The molecule has 0 amide bonds. The first-order valence-corrected chi connectivity index (χ1v) is 10.6. The Hall–Kier alpha value is 0.0169. The van der Waals surface area contributed by atoms with E-state index in [1.807, 2.05) is 13.8 Å². The summed E-state index contributed by atoms with van der Waals surface area (Å²) in [6.07, 6.45) is -0.900. The maximum atomic E-state index is 6.54. The minimum Gasteiger partial charge on any atom is -0.406 e. The molecule has 0 N–H and O–H groups in total. The van der Waals surface area contributed by atoms with Crippen molar-refractivity contribution in [3.8, 4) is 0 Å². The van der Waals surface area contributed by atoms with Crippen molar-refractivity contribution in [1.29, 1.82) is 0 Å². The van der Waals surface area contributed by atoms with Gasteiger partial charge in [-0.25, -0.2) is 0 Å². The van der Waals surface area contributed by atoms with Crippen molar-refractivity contribution in [2.24, 2.45) is 0 Å². The van der Waals surface area contributed by atoms with Gasteiger partial charge in [0.1, 0.15) is 18.3 Å². The molecule has 2 saturated heterocycles. The molecule has 5 nitrogen and oxygen atoms in total. The van der Waals surface area contributed by atoms with Crippen molar-refractivity contribution >= 4 is 8.32 Å². The van der Waals surface area contributed by atoms with Crippen molar-refractivity contribution in [2.45, 2.75) is 83.1 Å². The Morgan fingerprint density at radius 2 is 1.76 bits per heavy atom. The van der Waals surface area contributed by atoms with Crippen LogP contribution in [0.2, 0.25) is 18.1 Å². The highest BCUT2D eigenvalue weighted by atomic mass is 28.4. The molecular formula is C15H30O5Si. The van der Waals surface area contributed by atoms with Crippen LogP contribution in [0.25, 0.3) is 0 Å². The van der Waals surface area contributed by atoms with Crippen LogP contribution in [0.15, 0.2) is 0 Å². The number of ether oxygens (including phenoxy) is 4. The first-order valence-electron chi connectivity index (χ1n) is 7.65. The molecule has 0 aliphatic carbocycles. The van der Waals surface area contributed by atoms with E-state index in [0.29, 0.717) is 6.61 Å². The Morgan fingerprint density at radius 3 is 2.29 bits per heavy atom. The summed E-state index contributed by atoms with van der Waals surface area (Å²) in [4.78, 5) is 0. The van der Waals surface area contributed by atoms with Gasteiger partial charge in [-0.1, -0.05) is 20.8 Å². The molecule has 2 aliphatic rings. The van der Waals surface area contributed by atoms with Crippen LogP contribution in [0.5, 0.6) is 0 Å². The van der Waals surface area contributed by atoms with Crippen molar-refractivity contribution in [2.75, 3.05) is 13.7 Å². The number of fused-ring (bicyclic) bond motifs is 1. The highest BCUT2D eigenvalue weighted by Gasteiger charge is 2.54. The molecule has 2 aliphatic heterocycles. The van der Waals surface area contributed by atoms with E-state index in [1.54, 1.807) is 7.11 Å². The first-order chi connectivity index (χ1) is 9.47. The molecule has 6 heteroatoms. The normalized spacial score (nSPS) is 36.6. The third-order valence-corrected chi connectivity index (χ3v) is 9.18. The summed E-state index contributed by atoms with van der Waals surface area (Å²) in [5.74, 6) is -0.601. The maximum absolute atomic E-state index is 6.54. The lowest BCUT2D eigenvalue weighted by atomic mass is 10.1. The fraction of sp³-hybridized carbons (Fsp3) is 1.00. The second kappa shape index (κ2) is 5.58. The molecule has 0 aromatic carbocycles. The van der Waals surface area contributed by atoms with E-state index in [0.717, 1.165) is 0 Å². The smallest absolute Gasteiger partial charge is 0.192 e. The number of rotatable bonds is 3. The predicted octanol–water partition coefficient (Wildman–Crippen LogP) is 2.90. The van der Waals surface area contributed by atoms with Gasteiger partial charge in [0.05, 0.1) is 6.61 Å². The molecule has 0 radical (unpaired) electrons. The average Bonchev–Trinajstić information content (AvgIpc) is 2.62. The Bertz CT molecular complexity index is 377. The Morgan fingerprint density at radius 1 is 1.14 bits per heavy atom. The number of hydrogen-bond donors (Lipinski definition) is 0. The van der Waals surface area contributed by atoms with Crippen molar-refractivity contribution in [3.05, 3.63) is 0 Å². The van der Waals surface area contributed by atoms with Crippen LogP contribution in [0.4, 0.5) is 0 Å². The zero-order valence-corrected chi connectivity index (χ0v) is 15.6. The number of hydrogen-bond acceptors (Lipinski definition) is 5. The predicted molar refractivity (Wildman–Crippen MR) is 82.6 cm³/mol. The summed E-state index contributed by atoms with van der Waals surface area (Å²) in [6.45, 7) is 15.4. The first kappa shape index (κ1) is 17.4. The summed E-state index contributed by atoms with van der Waals surface area (Å²) in [5, 5.41) is 0.118. The minimum absolute atomic E-state index is 0.0961. The van der Waals surface area contributed by atoms with Crippen LogP contribution in [0.1, 0.15) is 34.6 Å². The molecule has 2 unspecified atom stereocenters. The Kier molecular flexibility index (Phi) is 4.62. The van der Waals surface area contributed by atoms with E-state index in [-0.39, 0.29) is 23.4 Å². The van der Waals surface area contributed by atoms with Crippen molar-refractivity contribution in [1.82, 2.24) is 0 Å². The van der Waals surface area contributed by atoms with Gasteiger partial charge in [-0.2, -0.15) is 0 Å². The summed E-state index contributed by atoms with van der Waals surface area (Å²) in [5.41, 5.74) is 0. The molecule has 4 atom stereocenters. The van der Waals surface area contributed by atoms with E-state index < -0.39 is 20.4 Å². The third-order valence-electron chi connectivity index (χ3n) is 4.71. The van der Waals surface area contributed by atoms with Gasteiger partial charge >= 0.3 is 0 Å². The fourth-order valence-corrected chi connectivity index (χ4v) is 3.83. The quantitative estimate of drug-likeness (QED) is 0.749. The van der Waals surface area contributed by atoms with E-state index in [4.69, 9.17) is 23.4 Å². The average molecular weight is 318 g/mol. The standard InChI is InChI=1S/C15H30O5Si/c1-14(2,3)21(7,8)20-12-11-10(9-17-13(12)16-6)18-15(4,5)19-11/h10-13H,9H2,1-8H3/t10-,11?,12?,13-/m0/s1. The molecule has 2 fully saturated rings. The molecule has 2 heterocycles. The molecular weight excluding hydrogens is 288 g/mol. The summed E-state index contributed by atoms with van der Waals surface area (Å²) in [6, 6.07) is 0. The Labute approximate surface area is 129 Å². The minimum atomic E-state index is -1.95. The third kappa shape index (κ3) is 3.51. The summed E-state index contributed by atoms with van der Waals surface area (Å²) < 4.78 is 29.8. The summed E-state index contributed by atoms with van der Waals surface area (Å²) in [7, 11) is -0.305. The molecule has 0 bridgehead atoms. The number of methoxy groups -OCH3 is 1. The molecule has 124 valence electrons. The van der Waals surface area contributed by atoms with Crippen LogP contribution in [0.3, 0.4) is 0 Å². The monoisotopic (exact) mass is 318 g/mol. The summed E-state index contributed by atoms with van der Waals surface area (Å²) >= 11 is 0. The largest absolute Gasteiger partial charge is 0.406 e. The van der Waals surface area contributed by atoms with Gasteiger partial charge in [0.2, 0.25) is 0 Å². The van der Waals surface area contributed by atoms with Gasteiger partial charge in [-0.3, -0.25) is 0 Å². The fourth-order valence-electron chi connectivity index (χ4n) is 2.55. The second-order valence-electron chi connectivity index (χ2n) is 7.92. The van der Waals surface area contributed by atoms with Gasteiger partial charge in [-0.15, -0.1) is 0 Å². The van der Waals surface area contributed by atoms with Crippen molar-refractivity contribution < 1.29 is 23.4 Å². The van der Waals surface area contributed by atoms with Gasteiger partial charge in [0, 0.05) is 7.11 Å². The van der Waals surface area contributed by atoms with Gasteiger partial charge in [0.15, 0.2) is 20.4 Å². The molecule has 0 saturated carbocycles. The lowest BCUT2D eigenvalue weighted by Gasteiger charge is -2.44. The Balaban J connectivity index is 2.20. The van der Waals surface area contributed by atoms with Crippen LogP contribution >= 0.6 is 0 Å². The van der Waals surface area contributed by atoms with Crippen LogP contribution in [-0.4, -0.2) is 52.4 Å². The highest BCUT2D eigenvalue weighted by Crippen LogP contribution is 2.42. The lowest BCUT2D eigenvalue weighted by Crippen LogP contribution is -2.58. The van der Waals surface area contributed by atoms with E-state index in [2.05, 4.69) is 33.9 Å². The van der Waals surface area contributed by atoms with E-state index in [9.17, 15) is 0 Å². The zero-order valence-electron chi connectivity index (χ0n) is 14.6. The van der Waals surface area contributed by atoms with Gasteiger partial charge < -0.3 is 23.4 Å². The topological polar surface area (TPSA) is 46.2 Å². The second-order valence-corrected chi connectivity index (χ2v) is 12.7.